The van der Waals surface area contributed by atoms with E-state index in [2.05, 4.69) is 5.32 Å². The second-order valence-corrected chi connectivity index (χ2v) is 12.3. The molecule has 0 spiro atoms. The fraction of sp³-hybridized carbons (Fsp3) is 0.394. The lowest BCUT2D eigenvalue weighted by Gasteiger charge is -2.34. The number of carbonyl (C=O) groups is 2. The molecule has 0 aliphatic heterocycles. The Balaban J connectivity index is 2.06. The average Bonchev–Trinajstić information content (AvgIpc) is 2.97. The van der Waals surface area contributed by atoms with Crippen molar-refractivity contribution >= 4 is 27.5 Å². The molecule has 0 unspecified atom stereocenters. The highest BCUT2D eigenvalue weighted by molar-refractivity contribution is 7.92. The summed E-state index contributed by atoms with van der Waals surface area (Å²) < 4.78 is 34.7. The number of hydrogen-bond donors (Lipinski definition) is 1. The SMILES string of the molecule is CCOc1ccc(S(=O)(=O)N(CC(=O)N(Cc2ccccc2C)[C@H](CC)C(=O)N[C@@H](C)CC)c2ccc(C)cc2)cc1. The van der Waals surface area contributed by atoms with Crippen LogP contribution in [0.25, 0.3) is 0 Å². The maximum atomic E-state index is 14.2. The molecule has 3 aromatic rings. The molecule has 0 radical (unpaired) electrons. The van der Waals surface area contributed by atoms with Gasteiger partial charge in [0.2, 0.25) is 11.8 Å². The molecule has 3 aromatic carbocycles. The number of anilines is 1. The number of ether oxygens (including phenoxy) is 1. The van der Waals surface area contributed by atoms with Crippen molar-refractivity contribution < 1.29 is 22.7 Å². The summed E-state index contributed by atoms with van der Waals surface area (Å²) >= 11 is 0. The second kappa shape index (κ2) is 14.9. The number of hydrogen-bond acceptors (Lipinski definition) is 5. The molecule has 3 rings (SSSR count). The third kappa shape index (κ3) is 8.12. The lowest BCUT2D eigenvalue weighted by Crippen LogP contribution is -2.53. The molecule has 2 amide bonds. The molecule has 8 nitrogen and oxygen atoms in total. The summed E-state index contributed by atoms with van der Waals surface area (Å²) in [5.41, 5.74) is 3.18. The molecule has 2 atom stereocenters. The Morgan fingerprint density at radius 1 is 0.881 bits per heavy atom. The first-order valence-electron chi connectivity index (χ1n) is 14.5. The predicted molar refractivity (Wildman–Crippen MR) is 167 cm³/mol. The Morgan fingerprint density at radius 2 is 1.52 bits per heavy atom. The van der Waals surface area contributed by atoms with E-state index in [-0.39, 0.29) is 23.4 Å². The Kier molecular flexibility index (Phi) is 11.6. The third-order valence-electron chi connectivity index (χ3n) is 7.31. The average molecular weight is 594 g/mol. The summed E-state index contributed by atoms with van der Waals surface area (Å²) in [7, 11) is -4.15. The van der Waals surface area contributed by atoms with Crippen molar-refractivity contribution in [2.75, 3.05) is 17.5 Å². The van der Waals surface area contributed by atoms with E-state index in [1.807, 2.05) is 65.8 Å². The van der Waals surface area contributed by atoms with Crippen LogP contribution in [0.1, 0.15) is 57.2 Å². The van der Waals surface area contributed by atoms with Crippen LogP contribution < -0.4 is 14.4 Å². The van der Waals surface area contributed by atoms with E-state index in [1.54, 1.807) is 36.4 Å². The van der Waals surface area contributed by atoms with Crippen molar-refractivity contribution in [2.24, 2.45) is 0 Å². The highest BCUT2D eigenvalue weighted by Crippen LogP contribution is 2.27. The fourth-order valence-electron chi connectivity index (χ4n) is 4.57. The van der Waals surface area contributed by atoms with Crippen LogP contribution >= 0.6 is 0 Å². The van der Waals surface area contributed by atoms with Gasteiger partial charge < -0.3 is 15.0 Å². The molecule has 42 heavy (non-hydrogen) atoms. The van der Waals surface area contributed by atoms with Gasteiger partial charge in [0, 0.05) is 12.6 Å². The molecule has 0 aliphatic rings. The van der Waals surface area contributed by atoms with Crippen LogP contribution in [0.4, 0.5) is 5.69 Å². The maximum Gasteiger partial charge on any atom is 0.264 e. The Bertz CT molecular complexity index is 1440. The van der Waals surface area contributed by atoms with Gasteiger partial charge in [-0.05, 0) is 88.1 Å². The van der Waals surface area contributed by atoms with Gasteiger partial charge >= 0.3 is 0 Å². The van der Waals surface area contributed by atoms with Crippen LogP contribution in [0.3, 0.4) is 0 Å². The molecule has 0 fully saturated rings. The zero-order valence-corrected chi connectivity index (χ0v) is 26.3. The van der Waals surface area contributed by atoms with E-state index < -0.39 is 28.5 Å². The van der Waals surface area contributed by atoms with Crippen LogP contribution in [-0.4, -0.2) is 50.4 Å². The summed E-state index contributed by atoms with van der Waals surface area (Å²) in [6.45, 7) is 11.6. The van der Waals surface area contributed by atoms with Crippen LogP contribution in [0, 0.1) is 13.8 Å². The third-order valence-corrected chi connectivity index (χ3v) is 9.10. The molecule has 0 saturated carbocycles. The fourth-order valence-corrected chi connectivity index (χ4v) is 5.99. The number of amides is 2. The van der Waals surface area contributed by atoms with Gasteiger partial charge in [-0.1, -0.05) is 55.8 Å². The summed E-state index contributed by atoms with van der Waals surface area (Å²) in [5, 5.41) is 3.00. The smallest absolute Gasteiger partial charge is 0.264 e. The molecule has 0 heterocycles. The normalized spacial score (nSPS) is 12.7. The minimum absolute atomic E-state index is 0.0336. The van der Waals surface area contributed by atoms with Crippen LogP contribution in [0.5, 0.6) is 5.75 Å². The van der Waals surface area contributed by atoms with Crippen LogP contribution in [0.15, 0.2) is 77.7 Å². The first-order chi connectivity index (χ1) is 20.0. The van der Waals surface area contributed by atoms with Gasteiger partial charge in [0.25, 0.3) is 10.0 Å². The number of nitrogens with one attached hydrogen (secondary N) is 1. The maximum absolute atomic E-state index is 14.2. The van der Waals surface area contributed by atoms with E-state index in [1.165, 1.54) is 17.0 Å². The van der Waals surface area contributed by atoms with Crippen LogP contribution in [0.2, 0.25) is 0 Å². The number of rotatable bonds is 14. The molecule has 0 bridgehead atoms. The highest BCUT2D eigenvalue weighted by atomic mass is 32.2. The van der Waals surface area contributed by atoms with Crippen molar-refractivity contribution in [2.45, 2.75) is 77.9 Å². The van der Waals surface area contributed by atoms with Crippen molar-refractivity contribution in [3.8, 4) is 5.75 Å². The molecular formula is C33H43N3O5S. The van der Waals surface area contributed by atoms with Gasteiger partial charge in [-0.15, -0.1) is 0 Å². The number of aryl methyl sites for hydroxylation is 2. The Morgan fingerprint density at radius 3 is 2.10 bits per heavy atom. The highest BCUT2D eigenvalue weighted by Gasteiger charge is 2.34. The van der Waals surface area contributed by atoms with Crippen molar-refractivity contribution in [1.29, 1.82) is 0 Å². The van der Waals surface area contributed by atoms with Gasteiger partial charge in [-0.2, -0.15) is 0 Å². The second-order valence-electron chi connectivity index (χ2n) is 10.4. The van der Waals surface area contributed by atoms with E-state index >= 15 is 0 Å². The lowest BCUT2D eigenvalue weighted by atomic mass is 10.1. The minimum atomic E-state index is -4.15. The quantitative estimate of drug-likeness (QED) is 0.262. The molecule has 9 heteroatoms. The monoisotopic (exact) mass is 593 g/mol. The lowest BCUT2D eigenvalue weighted by molar-refractivity contribution is -0.140. The molecular weight excluding hydrogens is 550 g/mol. The van der Waals surface area contributed by atoms with Gasteiger partial charge in [-0.25, -0.2) is 8.42 Å². The molecule has 0 aromatic heterocycles. The number of benzene rings is 3. The standard InChI is InChI=1S/C33H43N3O5S/c1-7-26(6)34-33(38)31(8-2)35(22-27-13-11-10-12-25(27)5)32(37)23-36(28-16-14-24(4)15-17-28)42(39,40)30-20-18-29(19-21-30)41-9-3/h10-21,26,31H,7-9,22-23H2,1-6H3,(H,34,38)/t26-,31+/m0/s1. The Labute approximate surface area is 250 Å². The minimum Gasteiger partial charge on any atom is -0.494 e. The van der Waals surface area contributed by atoms with E-state index in [0.717, 1.165) is 27.4 Å². The summed E-state index contributed by atoms with van der Waals surface area (Å²) in [6, 6.07) is 20.0. The van der Waals surface area contributed by atoms with E-state index in [9.17, 15) is 18.0 Å². The van der Waals surface area contributed by atoms with Gasteiger partial charge in [0.05, 0.1) is 17.2 Å². The number of carbonyl (C=O) groups excluding carboxylic acids is 2. The summed E-state index contributed by atoms with van der Waals surface area (Å²) in [4.78, 5) is 29.2. The van der Waals surface area contributed by atoms with Gasteiger partial charge in [-0.3, -0.25) is 13.9 Å². The van der Waals surface area contributed by atoms with Crippen LogP contribution in [-0.2, 0) is 26.2 Å². The topological polar surface area (TPSA) is 96.0 Å². The summed E-state index contributed by atoms with van der Waals surface area (Å²) in [5.74, 6) is -0.179. The molecule has 0 aliphatic carbocycles. The van der Waals surface area contributed by atoms with E-state index in [4.69, 9.17) is 4.74 Å². The summed E-state index contributed by atoms with van der Waals surface area (Å²) in [6.07, 6.45) is 1.12. The van der Waals surface area contributed by atoms with E-state index in [0.29, 0.717) is 24.5 Å². The molecule has 0 saturated heterocycles. The van der Waals surface area contributed by atoms with Crippen molar-refractivity contribution in [3.05, 3.63) is 89.5 Å². The van der Waals surface area contributed by atoms with Gasteiger partial charge in [0.15, 0.2) is 0 Å². The predicted octanol–water partition coefficient (Wildman–Crippen LogP) is 5.62. The number of sulfonamides is 1. The molecule has 1 N–H and O–H groups in total. The molecule has 226 valence electrons. The zero-order valence-electron chi connectivity index (χ0n) is 25.5. The number of nitrogens with zero attached hydrogens (tertiary/aromatic N) is 2. The van der Waals surface area contributed by atoms with Crippen molar-refractivity contribution in [1.82, 2.24) is 10.2 Å². The largest absolute Gasteiger partial charge is 0.494 e. The Hall–Kier alpha value is -3.85. The first kappa shape index (κ1) is 32.7. The van der Waals surface area contributed by atoms with Crippen molar-refractivity contribution in [3.63, 3.8) is 0 Å². The van der Waals surface area contributed by atoms with Gasteiger partial charge in [0.1, 0.15) is 18.3 Å². The first-order valence-corrected chi connectivity index (χ1v) is 15.9. The zero-order chi connectivity index (χ0) is 30.9.